The molecule has 0 aliphatic carbocycles. The molecule has 0 spiro atoms. The monoisotopic (exact) mass is 435 g/mol. The van der Waals surface area contributed by atoms with Crippen molar-refractivity contribution >= 4 is 16.1 Å². The summed E-state index contributed by atoms with van der Waals surface area (Å²) in [4.78, 5) is 13.4. The van der Waals surface area contributed by atoms with Gasteiger partial charge in [-0.1, -0.05) is 31.5 Å². The molecule has 12 heteroatoms. The van der Waals surface area contributed by atoms with Gasteiger partial charge in [0.1, 0.15) is 24.4 Å². The lowest BCUT2D eigenvalue weighted by Gasteiger charge is -2.32. The first-order chi connectivity index (χ1) is 13.6. The number of carbonyl (C=O) groups excluding carboxylic acids is 1. The smallest absolute Gasteiger partial charge is 0.348 e. The van der Waals surface area contributed by atoms with Crippen molar-refractivity contribution in [3.8, 4) is 0 Å². The highest BCUT2D eigenvalue weighted by molar-refractivity contribution is 7.89. The summed E-state index contributed by atoms with van der Waals surface area (Å²) in [5.41, 5.74) is 0. The number of hydrazine groups is 1. The number of urea groups is 1. The molecule has 0 radical (unpaired) electrons. The van der Waals surface area contributed by atoms with Crippen molar-refractivity contribution < 1.29 is 38.7 Å². The molecule has 0 unspecified atom stereocenters. The summed E-state index contributed by atoms with van der Waals surface area (Å²) in [5.74, 6) is 5.57. The Morgan fingerprint density at radius 2 is 1.62 bits per heavy atom. The van der Waals surface area contributed by atoms with E-state index in [4.69, 9.17) is 10.9 Å². The third kappa shape index (κ3) is 6.60. The quantitative estimate of drug-likeness (QED) is 0.133. The molecule has 1 aromatic rings. The average Bonchev–Trinajstić information content (AvgIpc) is 2.74. The number of hydrogen-bond acceptors (Lipinski definition) is 9. The molecule has 0 fully saturated rings. The van der Waals surface area contributed by atoms with Gasteiger partial charge in [0.05, 0.1) is 18.0 Å². The highest BCUT2D eigenvalue weighted by atomic mass is 32.2. The molecule has 29 heavy (non-hydrogen) atoms. The van der Waals surface area contributed by atoms with Crippen molar-refractivity contribution in [1.82, 2.24) is 9.31 Å². The van der Waals surface area contributed by atoms with Crippen molar-refractivity contribution in [2.75, 3.05) is 19.7 Å². The molecule has 0 aromatic heterocycles. The normalized spacial score (nSPS) is 16.0. The number of benzene rings is 1. The molecular weight excluding hydrogens is 406 g/mol. The molecule has 1 rings (SSSR count). The summed E-state index contributed by atoms with van der Waals surface area (Å²) in [6.45, 7) is 0.439. The second-order valence-corrected chi connectivity index (χ2v) is 8.31. The molecule has 2 amide bonds. The Bertz CT molecular complexity index is 733. The number of unbranched alkanes of at least 4 members (excludes halogenated alkanes) is 1. The van der Waals surface area contributed by atoms with Crippen molar-refractivity contribution in [3.63, 3.8) is 0 Å². The zero-order valence-corrected chi connectivity index (χ0v) is 16.9. The van der Waals surface area contributed by atoms with Crippen LogP contribution in [0.3, 0.4) is 0 Å². The number of carbonyl (C=O) groups is 1. The number of aliphatic hydroxyl groups is 5. The van der Waals surface area contributed by atoms with Crippen LogP contribution in [0.15, 0.2) is 35.2 Å². The van der Waals surface area contributed by atoms with E-state index in [2.05, 4.69) is 0 Å². The first-order valence-electron chi connectivity index (χ1n) is 9.05. The maximum atomic E-state index is 12.7. The number of nitrogens with two attached hydrogens (primary N) is 1. The van der Waals surface area contributed by atoms with Gasteiger partial charge in [-0.25, -0.2) is 10.6 Å². The Morgan fingerprint density at radius 3 is 2.14 bits per heavy atom. The second kappa shape index (κ2) is 11.4. The van der Waals surface area contributed by atoms with Gasteiger partial charge >= 0.3 is 6.03 Å². The Labute approximate surface area is 169 Å². The molecule has 0 aliphatic heterocycles. The second-order valence-electron chi connectivity index (χ2n) is 6.49. The van der Waals surface area contributed by atoms with E-state index in [1.807, 2.05) is 6.92 Å². The van der Waals surface area contributed by atoms with Crippen molar-refractivity contribution in [2.24, 2.45) is 5.84 Å². The molecular formula is C17H29N3O8S. The minimum Gasteiger partial charge on any atom is -0.394 e. The first-order valence-corrected chi connectivity index (χ1v) is 10.5. The Balaban J connectivity index is 3.00. The largest absolute Gasteiger partial charge is 0.394 e. The van der Waals surface area contributed by atoms with E-state index in [1.54, 1.807) is 6.07 Å². The first kappa shape index (κ1) is 25.2. The van der Waals surface area contributed by atoms with Gasteiger partial charge in [-0.3, -0.25) is 0 Å². The Morgan fingerprint density at radius 1 is 1.07 bits per heavy atom. The van der Waals surface area contributed by atoms with Crippen LogP contribution in [0.2, 0.25) is 0 Å². The van der Waals surface area contributed by atoms with E-state index in [1.165, 1.54) is 24.3 Å². The van der Waals surface area contributed by atoms with Gasteiger partial charge in [0.25, 0.3) is 10.0 Å². The lowest BCUT2D eigenvalue weighted by atomic mass is 10.0. The maximum Gasteiger partial charge on any atom is 0.348 e. The fourth-order valence-corrected chi connectivity index (χ4v) is 3.51. The molecule has 11 nitrogen and oxygen atoms in total. The van der Waals surface area contributed by atoms with E-state index in [0.29, 0.717) is 12.8 Å². The van der Waals surface area contributed by atoms with Crippen LogP contribution in [0, 0.1) is 0 Å². The van der Waals surface area contributed by atoms with Crippen LogP contribution in [-0.4, -0.2) is 93.4 Å². The van der Waals surface area contributed by atoms with Crippen LogP contribution in [0.4, 0.5) is 4.79 Å². The van der Waals surface area contributed by atoms with Crippen LogP contribution in [0.5, 0.6) is 0 Å². The van der Waals surface area contributed by atoms with Crippen LogP contribution >= 0.6 is 0 Å². The van der Waals surface area contributed by atoms with Crippen LogP contribution in [0.25, 0.3) is 0 Å². The fraction of sp³-hybridized carbons (Fsp3) is 0.588. The van der Waals surface area contributed by atoms with Gasteiger partial charge in [0.15, 0.2) is 0 Å². The summed E-state index contributed by atoms with van der Waals surface area (Å²) in [7, 11) is -4.34. The molecule has 7 N–H and O–H groups in total. The van der Waals surface area contributed by atoms with Crippen LogP contribution in [-0.2, 0) is 10.0 Å². The SMILES string of the molecule is CCCCN(C[C@H](O)[C@@H](O)[C@H](O)[C@H](O)CO)C(=O)N(N)S(=O)(=O)c1ccccc1. The van der Waals surface area contributed by atoms with Gasteiger partial charge in [0.2, 0.25) is 0 Å². The van der Waals surface area contributed by atoms with Crippen molar-refractivity contribution in [3.05, 3.63) is 30.3 Å². The van der Waals surface area contributed by atoms with Gasteiger partial charge < -0.3 is 30.4 Å². The summed E-state index contributed by atoms with van der Waals surface area (Å²) in [6.07, 6.45) is -6.12. The third-order valence-electron chi connectivity index (χ3n) is 4.27. The molecule has 0 aliphatic rings. The predicted octanol–water partition coefficient (Wildman–Crippen LogP) is -1.79. The highest BCUT2D eigenvalue weighted by Gasteiger charge is 2.35. The zero-order valence-electron chi connectivity index (χ0n) is 16.1. The lowest BCUT2D eigenvalue weighted by molar-refractivity contribution is -0.118. The van der Waals surface area contributed by atoms with E-state index in [0.717, 1.165) is 4.90 Å². The van der Waals surface area contributed by atoms with Crippen molar-refractivity contribution in [1.29, 1.82) is 0 Å². The van der Waals surface area contributed by atoms with Gasteiger partial charge in [-0.05, 0) is 18.6 Å². The number of amides is 2. The van der Waals surface area contributed by atoms with Crippen LogP contribution in [0.1, 0.15) is 19.8 Å². The Hall–Kier alpha value is -1.80. The molecule has 0 bridgehead atoms. The minimum absolute atomic E-state index is 0.0236. The summed E-state index contributed by atoms with van der Waals surface area (Å²) < 4.78 is 25.1. The topological polar surface area (TPSA) is 185 Å². The van der Waals surface area contributed by atoms with Gasteiger partial charge in [-0.15, -0.1) is 4.41 Å². The number of sulfonamides is 1. The number of aliphatic hydroxyl groups excluding tert-OH is 5. The van der Waals surface area contributed by atoms with E-state index in [9.17, 15) is 33.6 Å². The van der Waals surface area contributed by atoms with Crippen LogP contribution < -0.4 is 5.84 Å². The molecule has 0 saturated heterocycles. The highest BCUT2D eigenvalue weighted by Crippen LogP contribution is 2.15. The Kier molecular flexibility index (Phi) is 9.92. The molecule has 0 heterocycles. The lowest BCUT2D eigenvalue weighted by Crippen LogP contribution is -2.55. The zero-order chi connectivity index (χ0) is 22.2. The van der Waals surface area contributed by atoms with Gasteiger partial charge in [-0.2, -0.15) is 8.42 Å². The fourth-order valence-electron chi connectivity index (χ4n) is 2.46. The van der Waals surface area contributed by atoms with Gasteiger partial charge in [0, 0.05) is 6.54 Å². The summed E-state index contributed by atoms with van der Waals surface area (Å²) >= 11 is 0. The number of rotatable bonds is 11. The molecule has 4 atom stereocenters. The van der Waals surface area contributed by atoms with Crippen molar-refractivity contribution in [2.45, 2.75) is 49.1 Å². The molecule has 1 aromatic carbocycles. The predicted molar refractivity (Wildman–Crippen MR) is 103 cm³/mol. The standard InChI is InChI=1S/C17H29N3O8S/c1-2-3-9-19(10-13(22)15(24)16(25)14(23)11-21)17(26)20(18)29(27,28)12-7-5-4-6-8-12/h4-8,13-16,21-25H,2-3,9-11,18H2,1H3/t13-,14+,15+,16+/m0/s1. The molecule has 166 valence electrons. The van der Waals surface area contributed by atoms with E-state index in [-0.39, 0.29) is 15.9 Å². The summed E-state index contributed by atoms with van der Waals surface area (Å²) in [5, 5.41) is 48.0. The average molecular weight is 435 g/mol. The maximum absolute atomic E-state index is 12.7. The number of hydrogen-bond donors (Lipinski definition) is 6. The van der Waals surface area contributed by atoms with E-state index < -0.39 is 53.6 Å². The minimum atomic E-state index is -4.34. The molecule has 0 saturated carbocycles. The summed E-state index contributed by atoms with van der Waals surface area (Å²) in [6, 6.07) is 5.93. The third-order valence-corrected chi connectivity index (χ3v) is 5.82. The van der Waals surface area contributed by atoms with E-state index >= 15 is 0 Å². The number of nitrogens with zero attached hydrogens (tertiary/aromatic N) is 2.